The number of rotatable bonds is 22. The van der Waals surface area contributed by atoms with Gasteiger partial charge >= 0.3 is 0 Å². The Labute approximate surface area is 641 Å². The molecule has 598 valence electrons. The number of aromatic nitrogens is 2. The van der Waals surface area contributed by atoms with Crippen molar-refractivity contribution in [2.45, 2.75) is 172 Å². The highest BCUT2D eigenvalue weighted by atomic mass is 32.2. The summed E-state index contributed by atoms with van der Waals surface area (Å²) in [6.45, 7) is 8.07. The van der Waals surface area contributed by atoms with Crippen LogP contribution in [0.15, 0.2) is 96.2 Å². The van der Waals surface area contributed by atoms with E-state index in [4.69, 9.17) is 28.7 Å². The van der Waals surface area contributed by atoms with Crippen molar-refractivity contribution in [1.29, 1.82) is 0 Å². The Morgan fingerprint density at radius 1 is 0.536 bits per heavy atom. The van der Waals surface area contributed by atoms with Gasteiger partial charge in [-0.1, -0.05) is 115 Å². The fourth-order valence-corrected chi connectivity index (χ4v) is 13.2. The monoisotopic (exact) mass is 1550 g/mol. The number of aliphatic hydroxyl groups is 1. The molecule has 6 rings (SSSR count). The third-order valence-corrected chi connectivity index (χ3v) is 19.8. The normalized spacial score (nSPS) is 23.4. The number of guanidine groups is 1. The Morgan fingerprint density at radius 2 is 1.00 bits per heavy atom. The van der Waals surface area contributed by atoms with Crippen LogP contribution in [-0.2, 0) is 86.4 Å². The number of hydrogen-bond donors (Lipinski definition) is 19. The maximum Gasteiger partial charge on any atom is 0.245 e. The lowest BCUT2D eigenvalue weighted by Gasteiger charge is -2.33. The number of aliphatic hydroxyl groups excluding tert-OH is 1. The molecule has 1 fully saturated rings. The summed E-state index contributed by atoms with van der Waals surface area (Å²) in [5.74, 6) is -16.3. The number of para-hydroxylation sites is 2. The molecule has 0 spiro atoms. The Morgan fingerprint density at radius 3 is 1.51 bits per heavy atom. The number of thioether (sulfide) groups is 1. The van der Waals surface area contributed by atoms with E-state index in [1.54, 1.807) is 133 Å². The highest BCUT2D eigenvalue weighted by Gasteiger charge is 2.40. The van der Waals surface area contributed by atoms with E-state index in [1.807, 2.05) is 0 Å². The minimum Gasteiger partial charge on any atom is -0.394 e. The van der Waals surface area contributed by atoms with Gasteiger partial charge < -0.3 is 107 Å². The van der Waals surface area contributed by atoms with Gasteiger partial charge in [0.1, 0.15) is 66.5 Å². The van der Waals surface area contributed by atoms with Crippen molar-refractivity contribution < 1.29 is 72.2 Å². The molecule has 0 unspecified atom stereocenters. The van der Waals surface area contributed by atoms with Crippen LogP contribution in [0.3, 0.4) is 0 Å². The second-order valence-corrected chi connectivity index (χ2v) is 28.9. The lowest BCUT2D eigenvalue weighted by molar-refractivity contribution is -0.144. The average Bonchev–Trinajstić information content (AvgIpc) is 1.66. The number of primary amides is 2. The second kappa shape index (κ2) is 43.2. The summed E-state index contributed by atoms with van der Waals surface area (Å²) in [6.07, 6.45) is 2.50. The number of nitrogens with one attached hydrogen (secondary N) is 13. The van der Waals surface area contributed by atoms with Crippen LogP contribution in [0.25, 0.3) is 21.8 Å². The smallest absolute Gasteiger partial charge is 0.245 e. The van der Waals surface area contributed by atoms with Gasteiger partial charge in [-0.25, -0.2) is 0 Å². The average molecular weight is 1550 g/mol. The third kappa shape index (κ3) is 26.3. The van der Waals surface area contributed by atoms with E-state index in [-0.39, 0.29) is 76.2 Å². The Bertz CT molecular complexity index is 4070. The Hall–Kier alpha value is -11.1. The van der Waals surface area contributed by atoms with Gasteiger partial charge in [0, 0.05) is 72.8 Å². The number of amides is 14. The molecule has 14 amide bonds. The van der Waals surface area contributed by atoms with E-state index < -0.39 is 192 Å². The van der Waals surface area contributed by atoms with Gasteiger partial charge in [0.25, 0.3) is 0 Å². The van der Waals surface area contributed by atoms with E-state index in [0.717, 1.165) is 16.7 Å². The lowest BCUT2D eigenvalue weighted by Crippen LogP contribution is -2.62. The summed E-state index contributed by atoms with van der Waals surface area (Å²) in [5, 5.41) is 41.0. The zero-order valence-electron chi connectivity index (χ0n) is 62.9. The summed E-state index contributed by atoms with van der Waals surface area (Å²) >= 11 is 0.868. The summed E-state index contributed by atoms with van der Waals surface area (Å²) in [4.78, 5) is 212. The summed E-state index contributed by atoms with van der Waals surface area (Å²) in [5.41, 5.74) is 31.6. The third-order valence-electron chi connectivity index (χ3n) is 18.8. The zero-order chi connectivity index (χ0) is 80.9. The number of nitrogens with two attached hydrogens (primary N) is 5. The zero-order valence-corrected chi connectivity index (χ0v) is 63.7. The first-order chi connectivity index (χ1) is 52.3. The number of nitrogens with zero attached hydrogens (tertiary/aromatic N) is 2. The molecule has 2 aromatic heterocycles. The van der Waals surface area contributed by atoms with Crippen LogP contribution in [0.4, 0.5) is 0 Å². The molecule has 1 aliphatic heterocycles. The number of likely N-dealkylation sites (N-methyl/N-ethyl adjacent to an activating group) is 1. The molecule has 36 heteroatoms. The molecule has 24 N–H and O–H groups in total. The highest BCUT2D eigenvalue weighted by Crippen LogP contribution is 2.23. The number of benzene rings is 3. The van der Waals surface area contributed by atoms with E-state index in [1.165, 1.54) is 7.05 Å². The molecule has 12 atom stereocenters. The first-order valence-electron chi connectivity index (χ1n) is 36.6. The van der Waals surface area contributed by atoms with Crippen molar-refractivity contribution in [3.05, 3.63) is 108 Å². The predicted molar refractivity (Wildman–Crippen MR) is 412 cm³/mol. The van der Waals surface area contributed by atoms with Gasteiger partial charge in [-0.15, -0.1) is 11.8 Å². The van der Waals surface area contributed by atoms with Crippen LogP contribution in [-0.4, -0.2) is 220 Å². The molecule has 1 aliphatic rings. The van der Waals surface area contributed by atoms with Crippen molar-refractivity contribution >= 4 is 122 Å². The lowest BCUT2D eigenvalue weighted by atomic mass is 9.96. The number of hydrogen-bond acceptors (Lipinski definition) is 18. The summed E-state index contributed by atoms with van der Waals surface area (Å²) in [7, 11) is 1.19. The molecule has 0 saturated carbocycles. The van der Waals surface area contributed by atoms with Gasteiger partial charge in [0.2, 0.25) is 82.7 Å². The van der Waals surface area contributed by atoms with E-state index in [0.29, 0.717) is 44.9 Å². The highest BCUT2D eigenvalue weighted by molar-refractivity contribution is 8.00. The summed E-state index contributed by atoms with van der Waals surface area (Å²) in [6, 6.07) is 6.07. The SMILES string of the molecule is CC[C@H](C)[C@@H]1NC(=O)[C@H](Cc2ccccc2)NC(=O)CSC[C@@H](C(N)=O)NC(=O)[C@H](C(C)C)NC(=O)[C@H](Cc2c[nH]c3ccccc23)NC(=O)[C@H](CCCCN)NC(=O)[C@H](C(C)C)NC(=O)[C@H](Cc2c[nH]c3ccccc23)NC(=O)[C@H](CC(N)=O)NC(=O)[C@H](CCCN=C(N)N)NC(=O)CNC(=O)[C@H](CO)N(C)C1=O. The van der Waals surface area contributed by atoms with Crippen molar-refractivity contribution in [3.8, 4) is 0 Å². The minimum absolute atomic E-state index is 0.0138. The number of unbranched alkanes of at least 4 members (excludes halogenated alkanes) is 1. The van der Waals surface area contributed by atoms with Crippen molar-refractivity contribution in [2.75, 3.05) is 44.8 Å². The first kappa shape index (κ1) is 87.8. The van der Waals surface area contributed by atoms with E-state index >= 15 is 4.79 Å². The molecular weight excluding hydrogens is 1440 g/mol. The van der Waals surface area contributed by atoms with Gasteiger partial charge in [-0.05, 0) is 85.2 Å². The van der Waals surface area contributed by atoms with Crippen molar-refractivity contribution in [2.24, 2.45) is 51.4 Å². The standard InChI is InChI=1S/C74H106N20O15S/c1-8-41(6)62-73(109)94(7)56(36-95)70(106)83-35-58(97)84-49(26-18-28-80-74(78)79)64(100)89-54(32-57(76)96)66(102)88-53(31-44-34-82-48-24-15-13-22-46(44)48)69(105)91-60(39(2)3)71(107)86-50(25-16-17-27-75)65(101)87-52(30-43-33-81-47-23-14-12-21-45(43)47)68(104)92-61(40(4)5)72(108)90-55(63(77)99)37-110-38-59(98)85-51(67(103)93-62)29-42-19-10-9-11-20-42/h9-15,19-24,33-34,39-41,49-56,60-62,81-82,95H,8,16-18,25-32,35-38,75H2,1-7H3,(H2,76,96)(H2,77,99)(H,83,106)(H,84,97)(H,85,98)(H,86,107)(H,87,101)(H,88,102)(H,89,100)(H,90,108)(H,91,105)(H,92,104)(H,93,103)(H4,78,79,80)/t41-,49-,50-,51-,52-,53-,54-,55-,56-,60-,61-,62-/m0/s1. The van der Waals surface area contributed by atoms with Crippen LogP contribution in [0.2, 0.25) is 0 Å². The maximum atomic E-state index is 15.1. The largest absolute Gasteiger partial charge is 0.394 e. The fourth-order valence-electron chi connectivity index (χ4n) is 12.3. The molecule has 0 aliphatic carbocycles. The molecule has 3 aromatic carbocycles. The molecule has 5 aromatic rings. The quantitative estimate of drug-likeness (QED) is 0.0188. The molecule has 0 radical (unpaired) electrons. The molecular formula is C74H106N20O15S. The van der Waals surface area contributed by atoms with Crippen molar-refractivity contribution in [1.82, 2.24) is 73.4 Å². The second-order valence-electron chi connectivity index (χ2n) is 27.9. The Balaban J connectivity index is 1.42. The van der Waals surface area contributed by atoms with Gasteiger partial charge in [-0.3, -0.25) is 72.1 Å². The van der Waals surface area contributed by atoms with Crippen LogP contribution in [0.1, 0.15) is 103 Å². The van der Waals surface area contributed by atoms with Crippen LogP contribution < -0.4 is 87.2 Å². The number of aliphatic imine (C=N–C) groups is 1. The molecule has 110 heavy (non-hydrogen) atoms. The van der Waals surface area contributed by atoms with Crippen LogP contribution >= 0.6 is 11.8 Å². The Kier molecular flexibility index (Phi) is 34.4. The number of fused-ring (bicyclic) bond motifs is 2. The van der Waals surface area contributed by atoms with Gasteiger partial charge in [0.05, 0.1) is 25.3 Å². The molecule has 0 bridgehead atoms. The van der Waals surface area contributed by atoms with E-state index in [9.17, 15) is 67.4 Å². The van der Waals surface area contributed by atoms with Gasteiger partial charge in [0.15, 0.2) is 5.96 Å². The van der Waals surface area contributed by atoms with Crippen LogP contribution in [0.5, 0.6) is 0 Å². The number of aromatic amines is 2. The first-order valence-corrected chi connectivity index (χ1v) is 37.7. The summed E-state index contributed by atoms with van der Waals surface area (Å²) < 4.78 is 0. The molecule has 35 nitrogen and oxygen atoms in total. The number of carbonyl (C=O) groups is 14. The predicted octanol–water partition coefficient (Wildman–Crippen LogP) is -2.89. The van der Waals surface area contributed by atoms with Crippen LogP contribution in [0, 0.1) is 17.8 Å². The van der Waals surface area contributed by atoms with E-state index in [2.05, 4.69) is 73.4 Å². The molecule has 1 saturated heterocycles. The van der Waals surface area contributed by atoms with Crippen molar-refractivity contribution in [3.63, 3.8) is 0 Å². The fraction of sp³-hybridized carbons (Fsp3) is 0.500. The molecule has 3 heterocycles. The number of carbonyl (C=O) groups excluding carboxylic acids is 14. The maximum absolute atomic E-state index is 15.1. The number of H-pyrrole nitrogens is 2. The van der Waals surface area contributed by atoms with Gasteiger partial charge in [-0.2, -0.15) is 0 Å². The minimum atomic E-state index is -1.86. The topological polar surface area (TPSA) is 569 Å².